The van der Waals surface area contributed by atoms with Crippen molar-refractivity contribution >= 4 is 0 Å². The zero-order valence-corrected chi connectivity index (χ0v) is 11.3. The van der Waals surface area contributed by atoms with Gasteiger partial charge in [0.2, 0.25) is 0 Å². The second kappa shape index (κ2) is 6.22. The van der Waals surface area contributed by atoms with Crippen LogP contribution in [0, 0.1) is 0 Å². The van der Waals surface area contributed by atoms with Crippen LogP contribution in [-0.4, -0.2) is 0 Å². The first-order chi connectivity index (χ1) is 9.92. The van der Waals surface area contributed by atoms with Crippen molar-refractivity contribution in [3.8, 4) is 11.1 Å². The quantitative estimate of drug-likeness (QED) is 0.745. The lowest BCUT2D eigenvalue weighted by molar-refractivity contribution is 0.483. The Morgan fingerprint density at radius 1 is 0.750 bits per heavy atom. The van der Waals surface area contributed by atoms with Crippen LogP contribution < -0.4 is 5.32 Å². The molecule has 2 aromatic carbocycles. The van der Waals surface area contributed by atoms with Crippen LogP contribution in [-0.2, 0) is 13.1 Å². The minimum Gasteiger partial charge on any atom is -0.468 e. The summed E-state index contributed by atoms with van der Waals surface area (Å²) in [6.45, 7) is 1.59. The highest BCUT2D eigenvalue weighted by molar-refractivity contribution is 5.63. The molecule has 2 nitrogen and oxygen atoms in total. The molecule has 0 fully saturated rings. The van der Waals surface area contributed by atoms with E-state index in [-0.39, 0.29) is 0 Å². The first kappa shape index (κ1) is 12.7. The van der Waals surface area contributed by atoms with Crippen LogP contribution in [0.3, 0.4) is 0 Å². The van der Waals surface area contributed by atoms with Crippen molar-refractivity contribution in [1.82, 2.24) is 5.32 Å². The van der Waals surface area contributed by atoms with E-state index in [0.29, 0.717) is 0 Å². The number of hydrogen-bond donors (Lipinski definition) is 1. The Kier molecular flexibility index (Phi) is 3.95. The van der Waals surface area contributed by atoms with Gasteiger partial charge in [-0.15, -0.1) is 0 Å². The van der Waals surface area contributed by atoms with Crippen molar-refractivity contribution < 1.29 is 4.42 Å². The SMILES string of the molecule is c1ccc(-c2cccc(CNCc3ccco3)c2)cc1. The molecule has 0 amide bonds. The molecule has 0 bridgehead atoms. The Morgan fingerprint density at radius 3 is 2.40 bits per heavy atom. The smallest absolute Gasteiger partial charge is 0.117 e. The monoisotopic (exact) mass is 263 g/mol. The van der Waals surface area contributed by atoms with Crippen LogP contribution in [0.1, 0.15) is 11.3 Å². The number of rotatable bonds is 5. The third-order valence-electron chi connectivity index (χ3n) is 3.24. The molecule has 0 saturated heterocycles. The third kappa shape index (κ3) is 3.16. The molecule has 0 aliphatic rings. The van der Waals surface area contributed by atoms with Crippen LogP contribution in [0.25, 0.3) is 11.1 Å². The van der Waals surface area contributed by atoms with Gasteiger partial charge >= 0.3 is 0 Å². The average Bonchev–Trinajstić information content (AvgIpc) is 3.02. The Morgan fingerprint density at radius 2 is 1.60 bits per heavy atom. The molecule has 3 rings (SSSR count). The van der Waals surface area contributed by atoms with E-state index in [0.717, 1.165) is 18.8 Å². The third-order valence-corrected chi connectivity index (χ3v) is 3.24. The van der Waals surface area contributed by atoms with Gasteiger partial charge in [0.25, 0.3) is 0 Å². The van der Waals surface area contributed by atoms with Crippen LogP contribution in [0.5, 0.6) is 0 Å². The van der Waals surface area contributed by atoms with E-state index >= 15 is 0 Å². The van der Waals surface area contributed by atoms with Crippen molar-refractivity contribution in [2.75, 3.05) is 0 Å². The van der Waals surface area contributed by atoms with Crippen LogP contribution in [0.4, 0.5) is 0 Å². The molecule has 0 aliphatic heterocycles. The lowest BCUT2D eigenvalue weighted by Crippen LogP contribution is -2.12. The van der Waals surface area contributed by atoms with Gasteiger partial charge < -0.3 is 9.73 Å². The maximum atomic E-state index is 5.30. The van der Waals surface area contributed by atoms with Crippen molar-refractivity contribution in [3.05, 3.63) is 84.3 Å². The lowest BCUT2D eigenvalue weighted by Gasteiger charge is -2.06. The summed E-state index contributed by atoms with van der Waals surface area (Å²) in [5.74, 6) is 0.962. The van der Waals surface area contributed by atoms with Crippen LogP contribution in [0.2, 0.25) is 0 Å². The fourth-order valence-corrected chi connectivity index (χ4v) is 2.23. The fourth-order valence-electron chi connectivity index (χ4n) is 2.23. The van der Waals surface area contributed by atoms with Crippen LogP contribution >= 0.6 is 0 Å². The molecular formula is C18H17NO. The molecular weight excluding hydrogens is 246 g/mol. The standard InChI is InChI=1S/C18H17NO/c1-2-7-16(8-3-1)17-9-4-6-15(12-17)13-19-14-18-10-5-11-20-18/h1-12,19H,13-14H2. The van der Waals surface area contributed by atoms with Crippen molar-refractivity contribution in [1.29, 1.82) is 0 Å². The van der Waals surface area contributed by atoms with Crippen molar-refractivity contribution in [3.63, 3.8) is 0 Å². The predicted octanol–water partition coefficient (Wildman–Crippen LogP) is 4.24. The second-order valence-electron chi connectivity index (χ2n) is 4.75. The Hall–Kier alpha value is -2.32. The van der Waals surface area contributed by atoms with Crippen molar-refractivity contribution in [2.45, 2.75) is 13.1 Å². The van der Waals surface area contributed by atoms with E-state index in [1.54, 1.807) is 6.26 Å². The van der Waals surface area contributed by atoms with E-state index in [2.05, 4.69) is 53.8 Å². The van der Waals surface area contributed by atoms with Crippen molar-refractivity contribution in [2.24, 2.45) is 0 Å². The fraction of sp³-hybridized carbons (Fsp3) is 0.111. The van der Waals surface area contributed by atoms with Gasteiger partial charge in [-0.3, -0.25) is 0 Å². The molecule has 1 aromatic heterocycles. The molecule has 0 aliphatic carbocycles. The molecule has 20 heavy (non-hydrogen) atoms. The summed E-state index contributed by atoms with van der Waals surface area (Å²) in [6, 6.07) is 22.9. The average molecular weight is 263 g/mol. The van der Waals surface area contributed by atoms with Gasteiger partial charge in [-0.05, 0) is 34.9 Å². The summed E-state index contributed by atoms with van der Waals surface area (Å²) >= 11 is 0. The summed E-state index contributed by atoms with van der Waals surface area (Å²) in [4.78, 5) is 0. The molecule has 0 unspecified atom stereocenters. The van der Waals surface area contributed by atoms with Crippen LogP contribution in [0.15, 0.2) is 77.4 Å². The molecule has 0 atom stereocenters. The summed E-state index contributed by atoms with van der Waals surface area (Å²) in [6.07, 6.45) is 1.70. The molecule has 0 spiro atoms. The van der Waals surface area contributed by atoms with E-state index in [1.807, 2.05) is 18.2 Å². The highest BCUT2D eigenvalue weighted by Gasteiger charge is 1.99. The molecule has 1 heterocycles. The zero-order chi connectivity index (χ0) is 13.6. The molecule has 2 heteroatoms. The normalized spacial score (nSPS) is 10.6. The first-order valence-corrected chi connectivity index (χ1v) is 6.79. The summed E-state index contributed by atoms with van der Waals surface area (Å²) in [5.41, 5.74) is 3.78. The zero-order valence-electron chi connectivity index (χ0n) is 11.3. The Bertz CT molecular complexity index is 644. The number of furan rings is 1. The van der Waals surface area contributed by atoms with E-state index in [1.165, 1.54) is 16.7 Å². The molecule has 1 N–H and O–H groups in total. The van der Waals surface area contributed by atoms with Gasteiger partial charge in [-0.1, -0.05) is 48.5 Å². The number of nitrogens with one attached hydrogen (secondary N) is 1. The molecule has 3 aromatic rings. The van der Waals surface area contributed by atoms with E-state index < -0.39 is 0 Å². The minimum absolute atomic E-state index is 0.753. The highest BCUT2D eigenvalue weighted by atomic mass is 16.3. The maximum Gasteiger partial charge on any atom is 0.117 e. The van der Waals surface area contributed by atoms with Gasteiger partial charge in [0.05, 0.1) is 12.8 Å². The van der Waals surface area contributed by atoms with E-state index in [4.69, 9.17) is 4.42 Å². The van der Waals surface area contributed by atoms with E-state index in [9.17, 15) is 0 Å². The summed E-state index contributed by atoms with van der Waals surface area (Å²) in [7, 11) is 0. The van der Waals surface area contributed by atoms with Gasteiger partial charge in [0, 0.05) is 6.54 Å². The Labute approximate surface area is 119 Å². The molecule has 0 radical (unpaired) electrons. The topological polar surface area (TPSA) is 25.2 Å². The lowest BCUT2D eigenvalue weighted by atomic mass is 10.0. The number of benzene rings is 2. The maximum absolute atomic E-state index is 5.30. The largest absolute Gasteiger partial charge is 0.468 e. The van der Waals surface area contributed by atoms with Gasteiger partial charge in [0.15, 0.2) is 0 Å². The van der Waals surface area contributed by atoms with Gasteiger partial charge in [-0.2, -0.15) is 0 Å². The van der Waals surface area contributed by atoms with Gasteiger partial charge in [-0.25, -0.2) is 0 Å². The Balaban J connectivity index is 1.66. The highest BCUT2D eigenvalue weighted by Crippen LogP contribution is 2.19. The molecule has 100 valence electrons. The second-order valence-corrected chi connectivity index (χ2v) is 4.75. The summed E-state index contributed by atoms with van der Waals surface area (Å²) < 4.78 is 5.30. The van der Waals surface area contributed by atoms with Gasteiger partial charge in [0.1, 0.15) is 5.76 Å². The molecule has 0 saturated carbocycles. The summed E-state index contributed by atoms with van der Waals surface area (Å²) in [5, 5.41) is 3.39. The first-order valence-electron chi connectivity index (χ1n) is 6.79. The number of hydrogen-bond acceptors (Lipinski definition) is 2. The predicted molar refractivity (Wildman–Crippen MR) is 81.1 cm³/mol. The minimum atomic E-state index is 0.753.